The highest BCUT2D eigenvalue weighted by Gasteiger charge is 2.41. The van der Waals surface area contributed by atoms with Crippen LogP contribution in [-0.4, -0.2) is 42.9 Å². The van der Waals surface area contributed by atoms with Gasteiger partial charge in [0.15, 0.2) is 9.84 Å². The molecule has 6 nitrogen and oxygen atoms in total. The van der Waals surface area contributed by atoms with Crippen molar-refractivity contribution < 1.29 is 23.1 Å². The van der Waals surface area contributed by atoms with Crippen LogP contribution in [0.5, 0.6) is 0 Å². The van der Waals surface area contributed by atoms with Crippen molar-refractivity contribution in [3.8, 4) is 0 Å². The van der Waals surface area contributed by atoms with Gasteiger partial charge in [-0.25, -0.2) is 13.2 Å². The van der Waals surface area contributed by atoms with Gasteiger partial charge < -0.3 is 10.4 Å². The third-order valence-electron chi connectivity index (χ3n) is 2.89. The van der Waals surface area contributed by atoms with E-state index < -0.39 is 33.0 Å². The molecule has 1 rings (SSSR count). The van der Waals surface area contributed by atoms with Crippen molar-refractivity contribution in [3.63, 3.8) is 0 Å². The van der Waals surface area contributed by atoms with E-state index in [1.165, 1.54) is 0 Å². The zero-order chi connectivity index (χ0) is 13.1. The number of rotatable bonds is 4. The first kappa shape index (κ1) is 14.0. The fourth-order valence-corrected chi connectivity index (χ4v) is 2.64. The van der Waals surface area contributed by atoms with Crippen molar-refractivity contribution in [1.82, 2.24) is 5.32 Å². The van der Waals surface area contributed by atoms with Crippen LogP contribution < -0.4 is 5.32 Å². The van der Waals surface area contributed by atoms with E-state index in [9.17, 15) is 23.1 Å². The van der Waals surface area contributed by atoms with Gasteiger partial charge >= 0.3 is 5.97 Å². The Labute approximate surface area is 100 Å². The van der Waals surface area contributed by atoms with E-state index in [1.807, 2.05) is 0 Å². The number of amides is 1. The normalized spacial score (nSPS) is 19.6. The highest BCUT2D eigenvalue weighted by molar-refractivity contribution is 7.91. The second-order valence-electron chi connectivity index (χ2n) is 4.57. The first-order chi connectivity index (χ1) is 7.75. The Morgan fingerprint density at radius 2 is 1.76 bits per heavy atom. The average Bonchev–Trinajstić information content (AvgIpc) is 2.15. The highest BCUT2D eigenvalue weighted by Crippen LogP contribution is 2.28. The third-order valence-corrected chi connectivity index (χ3v) is 3.68. The van der Waals surface area contributed by atoms with Crippen LogP contribution in [0, 0.1) is 0 Å². The molecule has 0 heterocycles. The maximum atomic E-state index is 11.5. The van der Waals surface area contributed by atoms with Gasteiger partial charge in [0.25, 0.3) is 0 Å². The predicted octanol–water partition coefficient (Wildman–Crippen LogP) is -0.0653. The fourth-order valence-electron chi connectivity index (χ4n) is 2.09. The summed E-state index contributed by atoms with van der Waals surface area (Å²) in [4.78, 5) is 22.7. The molecule has 1 saturated carbocycles. The van der Waals surface area contributed by atoms with Crippen molar-refractivity contribution >= 4 is 21.7 Å². The van der Waals surface area contributed by atoms with Crippen molar-refractivity contribution in [3.05, 3.63) is 0 Å². The molecule has 98 valence electrons. The maximum absolute atomic E-state index is 11.5. The Balaban J connectivity index is 2.74. The first-order valence-electron chi connectivity index (χ1n) is 5.47. The number of hydrogen-bond acceptors (Lipinski definition) is 4. The molecule has 0 spiro atoms. The second kappa shape index (κ2) is 5.03. The summed E-state index contributed by atoms with van der Waals surface area (Å²) >= 11 is 0. The summed E-state index contributed by atoms with van der Waals surface area (Å²) in [6, 6.07) is 0. The Morgan fingerprint density at radius 1 is 1.24 bits per heavy atom. The zero-order valence-electron chi connectivity index (χ0n) is 9.73. The second-order valence-corrected chi connectivity index (χ2v) is 6.71. The molecule has 0 aromatic rings. The minimum Gasteiger partial charge on any atom is -0.480 e. The van der Waals surface area contributed by atoms with Gasteiger partial charge in [-0.2, -0.15) is 0 Å². The smallest absolute Gasteiger partial charge is 0.329 e. The summed E-state index contributed by atoms with van der Waals surface area (Å²) in [5, 5.41) is 11.5. The Morgan fingerprint density at radius 3 is 2.18 bits per heavy atom. The summed E-state index contributed by atoms with van der Waals surface area (Å²) in [6.07, 6.45) is 4.06. The number of sulfone groups is 1. The molecular weight excluding hydrogens is 246 g/mol. The molecule has 0 unspecified atom stereocenters. The lowest BCUT2D eigenvalue weighted by Crippen LogP contribution is -2.56. The molecule has 0 bridgehead atoms. The number of carbonyl (C=O) groups excluding carboxylic acids is 1. The van der Waals surface area contributed by atoms with E-state index in [4.69, 9.17) is 0 Å². The van der Waals surface area contributed by atoms with Gasteiger partial charge in [0.2, 0.25) is 5.91 Å². The third kappa shape index (κ3) is 3.99. The average molecular weight is 263 g/mol. The number of carboxylic acids is 1. The molecule has 1 aliphatic carbocycles. The van der Waals surface area contributed by atoms with Crippen LogP contribution in [0.3, 0.4) is 0 Å². The lowest BCUT2D eigenvalue weighted by molar-refractivity contribution is -0.148. The number of carbonyl (C=O) groups is 2. The van der Waals surface area contributed by atoms with Crippen molar-refractivity contribution in [2.45, 2.75) is 37.6 Å². The van der Waals surface area contributed by atoms with Gasteiger partial charge in [0.05, 0.1) is 0 Å². The van der Waals surface area contributed by atoms with Gasteiger partial charge in [-0.3, -0.25) is 4.79 Å². The van der Waals surface area contributed by atoms with Gasteiger partial charge in [0, 0.05) is 6.26 Å². The summed E-state index contributed by atoms with van der Waals surface area (Å²) in [6.45, 7) is 0. The lowest BCUT2D eigenvalue weighted by atomic mass is 9.81. The summed E-state index contributed by atoms with van der Waals surface area (Å²) in [5.41, 5.74) is -1.28. The quantitative estimate of drug-likeness (QED) is 0.739. The maximum Gasteiger partial charge on any atom is 0.329 e. The minimum absolute atomic E-state index is 0.359. The molecule has 0 aromatic carbocycles. The van der Waals surface area contributed by atoms with E-state index >= 15 is 0 Å². The molecule has 2 N–H and O–H groups in total. The van der Waals surface area contributed by atoms with E-state index in [0.29, 0.717) is 12.8 Å². The summed E-state index contributed by atoms with van der Waals surface area (Å²) < 4.78 is 21.9. The number of hydrogen-bond donors (Lipinski definition) is 2. The largest absolute Gasteiger partial charge is 0.480 e. The van der Waals surface area contributed by atoms with Gasteiger partial charge in [-0.15, -0.1) is 0 Å². The van der Waals surface area contributed by atoms with Crippen molar-refractivity contribution in [2.75, 3.05) is 12.0 Å². The van der Waals surface area contributed by atoms with E-state index in [2.05, 4.69) is 5.32 Å². The summed E-state index contributed by atoms with van der Waals surface area (Å²) in [7, 11) is -3.43. The zero-order valence-corrected chi connectivity index (χ0v) is 10.5. The number of aliphatic carboxylic acids is 1. The molecule has 0 aromatic heterocycles. The van der Waals surface area contributed by atoms with E-state index in [-0.39, 0.29) is 0 Å². The van der Waals surface area contributed by atoms with Gasteiger partial charge in [-0.05, 0) is 12.8 Å². The van der Waals surface area contributed by atoms with Crippen LogP contribution >= 0.6 is 0 Å². The van der Waals surface area contributed by atoms with Crippen LogP contribution in [0.15, 0.2) is 0 Å². The SMILES string of the molecule is CS(=O)(=O)CC(=O)NC1(C(=O)O)CCCCC1. The topological polar surface area (TPSA) is 101 Å². The highest BCUT2D eigenvalue weighted by atomic mass is 32.2. The molecule has 1 fully saturated rings. The number of nitrogens with one attached hydrogen (secondary N) is 1. The molecule has 0 atom stereocenters. The van der Waals surface area contributed by atoms with Gasteiger partial charge in [0.1, 0.15) is 11.3 Å². The van der Waals surface area contributed by atoms with Crippen LogP contribution in [0.2, 0.25) is 0 Å². The monoisotopic (exact) mass is 263 g/mol. The summed E-state index contributed by atoms with van der Waals surface area (Å²) in [5.74, 6) is -2.49. The van der Waals surface area contributed by atoms with Crippen LogP contribution in [0.4, 0.5) is 0 Å². The van der Waals surface area contributed by atoms with Crippen molar-refractivity contribution in [2.24, 2.45) is 0 Å². The Hall–Kier alpha value is -1.11. The van der Waals surface area contributed by atoms with Crippen LogP contribution in [-0.2, 0) is 19.4 Å². The first-order valence-corrected chi connectivity index (χ1v) is 7.53. The standard InChI is InChI=1S/C10H17NO5S/c1-17(15,16)7-8(12)11-10(9(13)14)5-3-2-4-6-10/h2-7H2,1H3,(H,11,12)(H,13,14). The molecule has 0 saturated heterocycles. The van der Waals surface area contributed by atoms with Gasteiger partial charge in [-0.1, -0.05) is 19.3 Å². The van der Waals surface area contributed by atoms with Crippen LogP contribution in [0.1, 0.15) is 32.1 Å². The molecule has 1 amide bonds. The number of carboxylic acid groups (broad SMARTS) is 1. The lowest BCUT2D eigenvalue weighted by Gasteiger charge is -2.33. The van der Waals surface area contributed by atoms with Crippen LogP contribution in [0.25, 0.3) is 0 Å². The fraction of sp³-hybridized carbons (Fsp3) is 0.800. The predicted molar refractivity (Wildman–Crippen MR) is 61.3 cm³/mol. The Bertz CT molecular complexity index is 408. The van der Waals surface area contributed by atoms with E-state index in [0.717, 1.165) is 25.5 Å². The molecule has 7 heteroatoms. The molecule has 0 radical (unpaired) electrons. The van der Waals surface area contributed by atoms with Crippen molar-refractivity contribution in [1.29, 1.82) is 0 Å². The minimum atomic E-state index is -3.43. The molecular formula is C10H17NO5S. The molecule has 1 aliphatic rings. The molecule has 17 heavy (non-hydrogen) atoms. The van der Waals surface area contributed by atoms with E-state index in [1.54, 1.807) is 0 Å². The Kier molecular flexibility index (Phi) is 4.13. The molecule has 0 aliphatic heterocycles.